The molecule has 11 nitrogen and oxygen atoms in total. The summed E-state index contributed by atoms with van der Waals surface area (Å²) in [6.07, 6.45) is -1.47. The molecule has 12 heteroatoms. The zero-order chi connectivity index (χ0) is 23.8. The van der Waals surface area contributed by atoms with Crippen LogP contribution in [0.5, 0.6) is 0 Å². The summed E-state index contributed by atoms with van der Waals surface area (Å²) >= 11 is 1.01. The fourth-order valence-electron chi connectivity index (χ4n) is 2.16. The van der Waals surface area contributed by atoms with Crippen molar-refractivity contribution in [2.75, 3.05) is 5.32 Å². The second kappa shape index (κ2) is 11.0. The first kappa shape index (κ1) is 26.3. The third-order valence-electron chi connectivity index (χ3n) is 3.29. The van der Waals surface area contributed by atoms with Crippen molar-refractivity contribution in [1.29, 1.82) is 0 Å². The molecule has 0 fully saturated rings. The number of anilines is 1. The second-order valence-electron chi connectivity index (χ2n) is 8.40. The topological polar surface area (TPSA) is 148 Å². The third-order valence-corrected chi connectivity index (χ3v) is 4.05. The van der Waals surface area contributed by atoms with E-state index in [1.54, 1.807) is 48.5 Å². The average molecular weight is 459 g/mol. The molecule has 2 atom stereocenters. The first-order valence-electron chi connectivity index (χ1n) is 9.56. The second-order valence-corrected chi connectivity index (χ2v) is 9.26. The molecular weight excluding hydrogens is 428 g/mol. The number of rotatable bonds is 10. The van der Waals surface area contributed by atoms with E-state index in [1.165, 1.54) is 5.38 Å². The predicted octanol–water partition coefficient (Wildman–Crippen LogP) is 2.96. The Hall–Kier alpha value is -2.73. The van der Waals surface area contributed by atoms with E-state index in [4.69, 9.17) is 14.3 Å². The molecule has 0 bridgehead atoms. The van der Waals surface area contributed by atoms with Crippen LogP contribution in [-0.2, 0) is 23.9 Å². The largest absolute Gasteiger partial charge is 0.476 e. The summed E-state index contributed by atoms with van der Waals surface area (Å²) in [5.74, 6) is -1.37. The number of hydrogen-bond donors (Lipinski definition) is 3. The van der Waals surface area contributed by atoms with Gasteiger partial charge in [0, 0.05) is 5.38 Å². The molecule has 0 radical (unpaired) electrons. The highest BCUT2D eigenvalue weighted by atomic mass is 32.1. The lowest BCUT2D eigenvalue weighted by Gasteiger charge is -2.30. The van der Waals surface area contributed by atoms with E-state index in [0.717, 1.165) is 11.3 Å². The van der Waals surface area contributed by atoms with Crippen LogP contribution in [0.15, 0.2) is 10.5 Å². The van der Waals surface area contributed by atoms with E-state index in [0.29, 0.717) is 12.8 Å². The molecular formula is C19H30N4O7S. The van der Waals surface area contributed by atoms with Gasteiger partial charge in [-0.1, -0.05) is 12.1 Å². The van der Waals surface area contributed by atoms with Crippen molar-refractivity contribution in [3.8, 4) is 0 Å². The summed E-state index contributed by atoms with van der Waals surface area (Å²) in [5, 5.41) is 19.8. The Morgan fingerprint density at radius 1 is 1.26 bits per heavy atom. The Morgan fingerprint density at radius 2 is 1.90 bits per heavy atom. The van der Waals surface area contributed by atoms with Gasteiger partial charge in [-0.25, -0.2) is 14.6 Å². The van der Waals surface area contributed by atoms with Gasteiger partial charge in [0.25, 0.3) is 0 Å². The summed E-state index contributed by atoms with van der Waals surface area (Å²) in [5.41, 5.74) is -1.75. The van der Waals surface area contributed by atoms with E-state index < -0.39 is 41.3 Å². The molecule has 3 N–H and O–H groups in total. The van der Waals surface area contributed by atoms with Crippen molar-refractivity contribution >= 4 is 40.7 Å². The minimum Gasteiger partial charge on any atom is -0.476 e. The van der Waals surface area contributed by atoms with Gasteiger partial charge in [0.05, 0.1) is 5.60 Å². The Morgan fingerprint density at radius 3 is 2.39 bits per heavy atom. The Kier molecular flexibility index (Phi) is 9.38. The minimum atomic E-state index is -1.37. The maximum atomic E-state index is 11.9. The standard InChI is InChI=1S/C19H30N4O7S/c1-8-12(14(20-10-24)28-18(2,3)4)30-23-13(15(25)26)11-9-31-16(21-11)22-17(27)29-19(5,6)7/h9-10,12,14H,8H2,1-7H3,(H,20,24)(H,25,26)(H,21,22,27). The summed E-state index contributed by atoms with van der Waals surface area (Å²) in [6, 6.07) is 0. The molecule has 0 saturated heterocycles. The number of oxime groups is 1. The van der Waals surface area contributed by atoms with Crippen LogP contribution in [0.3, 0.4) is 0 Å². The number of thiazole rings is 1. The Labute approximate surface area is 185 Å². The molecule has 1 heterocycles. The van der Waals surface area contributed by atoms with Crippen LogP contribution in [0.25, 0.3) is 0 Å². The van der Waals surface area contributed by atoms with Crippen molar-refractivity contribution in [2.45, 2.75) is 78.4 Å². The Bertz CT molecular complexity index is 796. The SMILES string of the molecule is CCC(ON=C(C(=O)O)c1csc(NC(=O)OC(C)(C)C)n1)C(NC=O)OC(C)(C)C. The van der Waals surface area contributed by atoms with E-state index in [2.05, 4.69) is 20.8 Å². The molecule has 0 saturated carbocycles. The Balaban J connectivity index is 3.00. The summed E-state index contributed by atoms with van der Waals surface area (Å²) < 4.78 is 10.9. The summed E-state index contributed by atoms with van der Waals surface area (Å²) in [4.78, 5) is 43.9. The number of carboxylic acid groups (broad SMARTS) is 1. The van der Waals surface area contributed by atoms with Gasteiger partial charge < -0.3 is 24.7 Å². The molecule has 1 aromatic heterocycles. The van der Waals surface area contributed by atoms with Crippen molar-refractivity contribution in [1.82, 2.24) is 10.3 Å². The number of hydrogen-bond acceptors (Lipinski definition) is 9. The predicted molar refractivity (Wildman–Crippen MR) is 115 cm³/mol. The van der Waals surface area contributed by atoms with E-state index >= 15 is 0 Å². The number of nitrogens with zero attached hydrogens (tertiary/aromatic N) is 2. The number of nitrogens with one attached hydrogen (secondary N) is 2. The smallest absolute Gasteiger partial charge is 0.413 e. The lowest BCUT2D eigenvalue weighted by molar-refractivity contribution is -0.149. The van der Waals surface area contributed by atoms with Gasteiger partial charge in [0.2, 0.25) is 12.1 Å². The van der Waals surface area contributed by atoms with Crippen LogP contribution in [0, 0.1) is 0 Å². The third kappa shape index (κ3) is 9.75. The summed E-state index contributed by atoms with van der Waals surface area (Å²) in [6.45, 7) is 12.3. The highest BCUT2D eigenvalue weighted by Gasteiger charge is 2.28. The van der Waals surface area contributed by atoms with Gasteiger partial charge in [0.1, 0.15) is 11.3 Å². The van der Waals surface area contributed by atoms with Crippen molar-refractivity contribution < 1.29 is 33.8 Å². The fraction of sp³-hybridized carbons (Fsp3) is 0.632. The van der Waals surface area contributed by atoms with Crippen LogP contribution in [-0.4, -0.2) is 57.8 Å². The molecule has 0 aromatic carbocycles. The van der Waals surface area contributed by atoms with Gasteiger partial charge in [-0.3, -0.25) is 10.1 Å². The summed E-state index contributed by atoms with van der Waals surface area (Å²) in [7, 11) is 0. The normalized spacial score (nSPS) is 14.4. The molecule has 174 valence electrons. The zero-order valence-electron chi connectivity index (χ0n) is 18.7. The zero-order valence-corrected chi connectivity index (χ0v) is 19.5. The van der Waals surface area contributed by atoms with Gasteiger partial charge in [0.15, 0.2) is 17.5 Å². The number of aliphatic carboxylic acids is 1. The molecule has 2 unspecified atom stereocenters. The molecule has 1 aromatic rings. The number of amides is 2. The first-order valence-corrected chi connectivity index (χ1v) is 10.4. The molecule has 2 amide bonds. The molecule has 1 rings (SSSR count). The van der Waals surface area contributed by atoms with Gasteiger partial charge in [-0.15, -0.1) is 11.3 Å². The van der Waals surface area contributed by atoms with E-state index in [1.807, 2.05) is 0 Å². The molecule has 0 aliphatic rings. The molecule has 0 spiro atoms. The quantitative estimate of drug-likeness (QED) is 0.210. The number of ether oxygens (including phenoxy) is 2. The van der Waals surface area contributed by atoms with E-state index in [-0.39, 0.29) is 10.8 Å². The molecule has 31 heavy (non-hydrogen) atoms. The van der Waals surface area contributed by atoms with E-state index in [9.17, 15) is 19.5 Å². The highest BCUT2D eigenvalue weighted by Crippen LogP contribution is 2.19. The van der Waals surface area contributed by atoms with Gasteiger partial charge in [-0.05, 0) is 48.0 Å². The number of aromatic nitrogens is 1. The highest BCUT2D eigenvalue weighted by molar-refractivity contribution is 7.14. The van der Waals surface area contributed by atoms with Crippen molar-refractivity contribution in [2.24, 2.45) is 5.16 Å². The van der Waals surface area contributed by atoms with Crippen molar-refractivity contribution in [3.05, 3.63) is 11.1 Å². The van der Waals surface area contributed by atoms with Crippen LogP contribution >= 0.6 is 11.3 Å². The number of carbonyl (C=O) groups is 3. The number of carboxylic acids is 1. The fourth-order valence-corrected chi connectivity index (χ4v) is 2.84. The van der Waals surface area contributed by atoms with Crippen molar-refractivity contribution in [3.63, 3.8) is 0 Å². The lowest BCUT2D eigenvalue weighted by Crippen LogP contribution is -2.46. The monoisotopic (exact) mass is 458 g/mol. The lowest BCUT2D eigenvalue weighted by atomic mass is 10.1. The number of carbonyl (C=O) groups excluding carboxylic acids is 2. The molecule has 0 aliphatic heterocycles. The van der Waals surface area contributed by atoms with Crippen LogP contribution in [0.1, 0.15) is 60.6 Å². The minimum absolute atomic E-state index is 0.00459. The van der Waals surface area contributed by atoms with Crippen LogP contribution in [0.2, 0.25) is 0 Å². The van der Waals surface area contributed by atoms with Crippen LogP contribution in [0.4, 0.5) is 9.93 Å². The maximum Gasteiger partial charge on any atom is 0.413 e. The van der Waals surface area contributed by atoms with Crippen LogP contribution < -0.4 is 10.6 Å². The average Bonchev–Trinajstić information content (AvgIpc) is 3.03. The first-order chi connectivity index (χ1) is 14.3. The maximum absolute atomic E-state index is 11.9. The molecule has 0 aliphatic carbocycles. The van der Waals surface area contributed by atoms with Gasteiger partial charge in [-0.2, -0.15) is 0 Å². The van der Waals surface area contributed by atoms with Gasteiger partial charge >= 0.3 is 12.1 Å².